The third kappa shape index (κ3) is 3.32. The molecule has 0 aliphatic heterocycles. The molecule has 1 amide bonds. The number of amides is 1. The number of nitrogens with zero attached hydrogens (tertiary/aromatic N) is 1. The van der Waals surface area contributed by atoms with E-state index in [1.54, 1.807) is 18.2 Å². The van der Waals surface area contributed by atoms with E-state index in [2.05, 4.69) is 5.32 Å². The minimum absolute atomic E-state index is 0.0543. The zero-order chi connectivity index (χ0) is 16.3. The van der Waals surface area contributed by atoms with Crippen LogP contribution in [-0.2, 0) is 0 Å². The first kappa shape index (κ1) is 15.3. The molecule has 0 aliphatic carbocycles. The quantitative estimate of drug-likeness (QED) is 0.533. The zero-order valence-electron chi connectivity index (χ0n) is 11.5. The van der Waals surface area contributed by atoms with Crippen molar-refractivity contribution in [3.63, 3.8) is 0 Å². The molecule has 0 aliphatic rings. The fraction of sp³-hybridized carbons (Fsp3) is 0.0667. The largest absolute Gasteiger partial charge is 0.322 e. The summed E-state index contributed by atoms with van der Waals surface area (Å²) in [5.74, 6) is -1.81. The van der Waals surface area contributed by atoms with Crippen LogP contribution in [0.1, 0.15) is 27.6 Å². The van der Waals surface area contributed by atoms with E-state index in [4.69, 9.17) is 0 Å². The van der Waals surface area contributed by atoms with Gasteiger partial charge in [-0.1, -0.05) is 12.1 Å². The molecule has 2 rings (SSSR count). The minimum atomic E-state index is -1.01. The molecule has 0 bridgehead atoms. The van der Waals surface area contributed by atoms with Gasteiger partial charge in [0.1, 0.15) is 0 Å². The zero-order valence-corrected chi connectivity index (χ0v) is 11.5. The molecule has 7 heteroatoms. The smallest absolute Gasteiger partial charge is 0.305 e. The Morgan fingerprint density at radius 3 is 2.50 bits per heavy atom. The predicted molar refractivity (Wildman–Crippen MR) is 77.5 cm³/mol. The van der Waals surface area contributed by atoms with Gasteiger partial charge in [-0.15, -0.1) is 0 Å². The van der Waals surface area contributed by atoms with Crippen LogP contribution in [0.3, 0.4) is 0 Å². The summed E-state index contributed by atoms with van der Waals surface area (Å²) in [7, 11) is 0. The number of nitrogens with one attached hydrogen (secondary N) is 1. The van der Waals surface area contributed by atoms with Crippen LogP contribution in [0.2, 0.25) is 0 Å². The van der Waals surface area contributed by atoms with E-state index in [0.717, 1.165) is 18.2 Å². The summed E-state index contributed by atoms with van der Waals surface area (Å²) in [6.07, 6.45) is 0. The summed E-state index contributed by atoms with van der Waals surface area (Å²) in [5.41, 5.74) is -0.0426. The third-order valence-electron chi connectivity index (χ3n) is 2.93. The Morgan fingerprint density at radius 1 is 1.14 bits per heavy atom. The molecule has 0 heterocycles. The van der Waals surface area contributed by atoms with Crippen molar-refractivity contribution in [2.45, 2.75) is 6.92 Å². The fourth-order valence-electron chi connectivity index (χ4n) is 1.81. The average molecular weight is 302 g/mol. The Labute approximate surface area is 124 Å². The predicted octanol–water partition coefficient (Wildman–Crippen LogP) is 3.19. The summed E-state index contributed by atoms with van der Waals surface area (Å²) in [6, 6.07) is 9.12. The summed E-state index contributed by atoms with van der Waals surface area (Å²) in [5, 5.41) is 13.2. The number of carbonyl (C=O) groups excluding carboxylic acids is 2. The van der Waals surface area contributed by atoms with Crippen LogP contribution in [-0.4, -0.2) is 16.6 Å². The average Bonchev–Trinajstić information content (AvgIpc) is 2.47. The number of nitro benzene ring substituents is 1. The van der Waals surface area contributed by atoms with E-state index in [-0.39, 0.29) is 11.3 Å². The molecule has 0 saturated carbocycles. The van der Waals surface area contributed by atoms with Gasteiger partial charge in [-0.25, -0.2) is 0 Å². The molecular weight excluding hydrogens is 291 g/mol. The van der Waals surface area contributed by atoms with Gasteiger partial charge in [0.25, 0.3) is 5.91 Å². The number of hydrogen-bond acceptors (Lipinski definition) is 4. The van der Waals surface area contributed by atoms with Crippen molar-refractivity contribution in [3.8, 4) is 0 Å². The number of carbonyl (C=O) groups is 2. The van der Waals surface area contributed by atoms with Crippen LogP contribution in [0.15, 0.2) is 42.5 Å². The molecule has 0 radical (unpaired) electrons. The van der Waals surface area contributed by atoms with Crippen LogP contribution in [0.25, 0.3) is 0 Å². The molecular formula is C15H11FN2O4. The SMILES string of the molecule is CC(=O)c1cccc(NC(=O)c2ccc(F)c([N+](=O)[O-])c2)c1. The van der Waals surface area contributed by atoms with Crippen LogP contribution in [0.5, 0.6) is 0 Å². The second-order valence-electron chi connectivity index (χ2n) is 4.51. The number of hydrogen-bond donors (Lipinski definition) is 1. The molecule has 2 aromatic rings. The standard InChI is InChI=1S/C15H11FN2O4/c1-9(19)10-3-2-4-12(7-10)17-15(20)11-5-6-13(16)14(8-11)18(21)22/h2-8H,1H3,(H,17,20). The highest BCUT2D eigenvalue weighted by atomic mass is 19.1. The highest BCUT2D eigenvalue weighted by Gasteiger charge is 2.17. The van der Waals surface area contributed by atoms with Crippen LogP contribution in [0.4, 0.5) is 15.8 Å². The van der Waals surface area contributed by atoms with Gasteiger partial charge in [-0.2, -0.15) is 4.39 Å². The first-order valence-corrected chi connectivity index (χ1v) is 6.25. The second kappa shape index (κ2) is 6.13. The Morgan fingerprint density at radius 2 is 1.86 bits per heavy atom. The summed E-state index contributed by atoms with van der Waals surface area (Å²) in [6.45, 7) is 1.39. The van der Waals surface area contributed by atoms with Crippen LogP contribution in [0, 0.1) is 15.9 Å². The third-order valence-corrected chi connectivity index (χ3v) is 2.93. The fourth-order valence-corrected chi connectivity index (χ4v) is 1.81. The van der Waals surface area contributed by atoms with E-state index in [9.17, 15) is 24.1 Å². The van der Waals surface area contributed by atoms with Gasteiger partial charge in [-0.3, -0.25) is 19.7 Å². The van der Waals surface area contributed by atoms with Crippen molar-refractivity contribution in [2.75, 3.05) is 5.32 Å². The van der Waals surface area contributed by atoms with E-state index < -0.39 is 22.3 Å². The van der Waals surface area contributed by atoms with Gasteiger partial charge in [0.15, 0.2) is 5.78 Å². The molecule has 0 saturated heterocycles. The van der Waals surface area contributed by atoms with Gasteiger partial charge in [-0.05, 0) is 31.2 Å². The Balaban J connectivity index is 2.26. The summed E-state index contributed by atoms with van der Waals surface area (Å²) in [4.78, 5) is 33.1. The number of benzene rings is 2. The molecule has 0 aromatic heterocycles. The topological polar surface area (TPSA) is 89.3 Å². The molecule has 2 aromatic carbocycles. The molecule has 0 unspecified atom stereocenters. The maximum Gasteiger partial charge on any atom is 0.305 e. The summed E-state index contributed by atoms with van der Waals surface area (Å²) < 4.78 is 13.2. The number of ketones is 1. The van der Waals surface area contributed by atoms with Crippen molar-refractivity contribution in [3.05, 3.63) is 69.5 Å². The molecule has 0 fully saturated rings. The number of halogens is 1. The van der Waals surface area contributed by atoms with Crippen molar-refractivity contribution < 1.29 is 18.9 Å². The van der Waals surface area contributed by atoms with Gasteiger partial charge in [0.2, 0.25) is 5.82 Å². The number of Topliss-reactive ketones (excluding diaryl/α,β-unsaturated/α-hetero) is 1. The first-order valence-electron chi connectivity index (χ1n) is 6.25. The second-order valence-corrected chi connectivity index (χ2v) is 4.51. The van der Waals surface area contributed by atoms with Gasteiger partial charge in [0, 0.05) is 22.9 Å². The number of rotatable bonds is 4. The Kier molecular flexibility index (Phi) is 4.26. The van der Waals surface area contributed by atoms with Crippen molar-refractivity contribution in [1.29, 1.82) is 0 Å². The van der Waals surface area contributed by atoms with Crippen molar-refractivity contribution in [2.24, 2.45) is 0 Å². The van der Waals surface area contributed by atoms with E-state index in [1.165, 1.54) is 13.0 Å². The van der Waals surface area contributed by atoms with Crippen LogP contribution >= 0.6 is 0 Å². The highest BCUT2D eigenvalue weighted by molar-refractivity contribution is 6.05. The molecule has 112 valence electrons. The van der Waals surface area contributed by atoms with Gasteiger partial charge in [0.05, 0.1) is 4.92 Å². The molecule has 22 heavy (non-hydrogen) atoms. The lowest BCUT2D eigenvalue weighted by atomic mass is 10.1. The Hall–Kier alpha value is -3.09. The summed E-state index contributed by atoms with van der Waals surface area (Å²) >= 11 is 0. The van der Waals surface area contributed by atoms with Crippen molar-refractivity contribution in [1.82, 2.24) is 0 Å². The van der Waals surface area contributed by atoms with E-state index >= 15 is 0 Å². The Bertz CT molecular complexity index is 774. The van der Waals surface area contributed by atoms with Crippen LogP contribution < -0.4 is 5.32 Å². The lowest BCUT2D eigenvalue weighted by Crippen LogP contribution is -2.12. The maximum absolute atomic E-state index is 13.2. The lowest BCUT2D eigenvalue weighted by molar-refractivity contribution is -0.387. The van der Waals surface area contributed by atoms with Gasteiger partial charge >= 0.3 is 5.69 Å². The first-order chi connectivity index (χ1) is 10.4. The maximum atomic E-state index is 13.2. The normalized spacial score (nSPS) is 10.1. The van der Waals surface area contributed by atoms with Crippen molar-refractivity contribution >= 4 is 23.1 Å². The van der Waals surface area contributed by atoms with E-state index in [1.807, 2.05) is 0 Å². The molecule has 0 spiro atoms. The number of nitro groups is 1. The monoisotopic (exact) mass is 302 g/mol. The molecule has 0 atom stereocenters. The molecule has 6 nitrogen and oxygen atoms in total. The molecule has 1 N–H and O–H groups in total. The van der Waals surface area contributed by atoms with Gasteiger partial charge < -0.3 is 5.32 Å². The minimum Gasteiger partial charge on any atom is -0.322 e. The van der Waals surface area contributed by atoms with E-state index in [0.29, 0.717) is 11.3 Å². The highest BCUT2D eigenvalue weighted by Crippen LogP contribution is 2.20. The lowest BCUT2D eigenvalue weighted by Gasteiger charge is -2.06. The number of anilines is 1.